The molecule has 2 atom stereocenters. The first kappa shape index (κ1) is 45.1. The van der Waals surface area contributed by atoms with E-state index < -0.39 is 23.6 Å². The SMILES string of the molecule is CCCCCCCCNC(=O)c1cc(C(=O)NCC(CC)CCCC)c(C(=O)NCCCCCCCC)cc1C(=O)NCC(CC)CCCC. The number of amides is 4. The molecule has 0 fully saturated rings. The van der Waals surface area contributed by atoms with E-state index in [1.165, 1.54) is 50.7 Å². The Balaban J connectivity index is 3.42. The Morgan fingerprint density at radius 2 is 0.720 bits per heavy atom. The fraction of sp³-hybridized carbons (Fsp3) is 0.762. The molecule has 8 heteroatoms. The zero-order chi connectivity index (χ0) is 37.0. The maximum Gasteiger partial charge on any atom is 0.252 e. The van der Waals surface area contributed by atoms with Crippen molar-refractivity contribution in [3.05, 3.63) is 34.4 Å². The highest BCUT2D eigenvalue weighted by molar-refractivity contribution is 6.14. The Morgan fingerprint density at radius 1 is 0.420 bits per heavy atom. The van der Waals surface area contributed by atoms with Crippen molar-refractivity contribution in [1.82, 2.24) is 21.3 Å². The molecular weight excluding hydrogens is 624 g/mol. The second-order valence-electron chi connectivity index (χ2n) is 14.2. The van der Waals surface area contributed by atoms with Gasteiger partial charge in [-0.1, -0.05) is 144 Å². The van der Waals surface area contributed by atoms with Crippen LogP contribution in [0.3, 0.4) is 0 Å². The molecule has 0 aliphatic carbocycles. The van der Waals surface area contributed by atoms with Crippen molar-refractivity contribution in [3.8, 4) is 0 Å². The molecule has 8 nitrogen and oxygen atoms in total. The van der Waals surface area contributed by atoms with Gasteiger partial charge in [-0.2, -0.15) is 0 Å². The van der Waals surface area contributed by atoms with Gasteiger partial charge in [0.05, 0.1) is 22.3 Å². The van der Waals surface area contributed by atoms with Crippen LogP contribution in [0, 0.1) is 11.8 Å². The molecule has 0 radical (unpaired) electrons. The minimum atomic E-state index is -0.399. The van der Waals surface area contributed by atoms with Crippen molar-refractivity contribution < 1.29 is 19.2 Å². The van der Waals surface area contributed by atoms with Gasteiger partial charge in [-0.15, -0.1) is 0 Å². The van der Waals surface area contributed by atoms with E-state index >= 15 is 0 Å². The number of carbonyl (C=O) groups is 4. The summed E-state index contributed by atoms with van der Waals surface area (Å²) in [6.45, 7) is 14.9. The van der Waals surface area contributed by atoms with Crippen LogP contribution >= 0.6 is 0 Å². The van der Waals surface area contributed by atoms with Gasteiger partial charge in [0.25, 0.3) is 23.6 Å². The molecule has 2 unspecified atom stereocenters. The largest absolute Gasteiger partial charge is 0.352 e. The van der Waals surface area contributed by atoms with Gasteiger partial charge in [-0.05, 0) is 49.7 Å². The van der Waals surface area contributed by atoms with Gasteiger partial charge in [-0.3, -0.25) is 19.2 Å². The Morgan fingerprint density at radius 3 is 1.04 bits per heavy atom. The lowest BCUT2D eigenvalue weighted by atomic mass is 9.94. The maximum atomic E-state index is 13.8. The summed E-state index contributed by atoms with van der Waals surface area (Å²) in [6, 6.07) is 2.95. The Labute approximate surface area is 305 Å². The summed E-state index contributed by atoms with van der Waals surface area (Å²) in [4.78, 5) is 55.1. The second-order valence-corrected chi connectivity index (χ2v) is 14.2. The summed E-state index contributed by atoms with van der Waals surface area (Å²) in [6.07, 6.45) is 21.4. The Kier molecular flexibility index (Phi) is 26.0. The minimum absolute atomic E-state index is 0.130. The first-order valence-electron chi connectivity index (χ1n) is 20.6. The van der Waals surface area contributed by atoms with E-state index in [4.69, 9.17) is 0 Å². The van der Waals surface area contributed by atoms with Crippen LogP contribution in [-0.4, -0.2) is 49.8 Å². The predicted molar refractivity (Wildman–Crippen MR) is 209 cm³/mol. The smallest absolute Gasteiger partial charge is 0.252 e. The van der Waals surface area contributed by atoms with Crippen LogP contribution in [0.5, 0.6) is 0 Å². The molecule has 0 saturated carbocycles. The highest BCUT2D eigenvalue weighted by atomic mass is 16.2. The average Bonchev–Trinajstić information content (AvgIpc) is 3.13. The number of nitrogens with one attached hydrogen (secondary N) is 4. The fourth-order valence-corrected chi connectivity index (χ4v) is 6.31. The van der Waals surface area contributed by atoms with E-state index in [1.807, 2.05) is 0 Å². The molecule has 0 aromatic heterocycles. The topological polar surface area (TPSA) is 116 Å². The summed E-state index contributed by atoms with van der Waals surface area (Å²) in [5.74, 6) is -0.936. The first-order chi connectivity index (χ1) is 24.3. The summed E-state index contributed by atoms with van der Waals surface area (Å²) < 4.78 is 0. The molecule has 0 saturated heterocycles. The van der Waals surface area contributed by atoms with E-state index in [-0.39, 0.29) is 22.3 Å². The third-order valence-corrected chi connectivity index (χ3v) is 9.96. The molecule has 286 valence electrons. The van der Waals surface area contributed by atoms with E-state index in [0.29, 0.717) is 38.0 Å². The molecule has 4 amide bonds. The van der Waals surface area contributed by atoms with Crippen molar-refractivity contribution in [3.63, 3.8) is 0 Å². The molecule has 0 spiro atoms. The third-order valence-electron chi connectivity index (χ3n) is 9.96. The monoisotopic (exact) mass is 699 g/mol. The van der Waals surface area contributed by atoms with Crippen LogP contribution in [0.1, 0.15) is 211 Å². The summed E-state index contributed by atoms with van der Waals surface area (Å²) >= 11 is 0. The number of unbranched alkanes of at least 4 members (excludes halogenated alkanes) is 12. The predicted octanol–water partition coefficient (Wildman–Crippen LogP) is 9.76. The number of benzene rings is 1. The number of hydrogen-bond acceptors (Lipinski definition) is 4. The van der Waals surface area contributed by atoms with Crippen LogP contribution in [-0.2, 0) is 0 Å². The normalized spacial score (nSPS) is 12.3. The molecule has 1 aromatic carbocycles. The second kappa shape index (κ2) is 28.8. The lowest BCUT2D eigenvalue weighted by Gasteiger charge is -2.19. The lowest BCUT2D eigenvalue weighted by molar-refractivity contribution is 0.0903. The van der Waals surface area contributed by atoms with Gasteiger partial charge in [0, 0.05) is 26.2 Å². The minimum Gasteiger partial charge on any atom is -0.352 e. The third kappa shape index (κ3) is 18.4. The quantitative estimate of drug-likeness (QED) is 0.0599. The van der Waals surface area contributed by atoms with Gasteiger partial charge < -0.3 is 21.3 Å². The molecule has 0 bridgehead atoms. The summed E-state index contributed by atoms with van der Waals surface area (Å²) in [5.41, 5.74) is 0.523. The van der Waals surface area contributed by atoms with Crippen molar-refractivity contribution >= 4 is 23.6 Å². The average molecular weight is 699 g/mol. The van der Waals surface area contributed by atoms with E-state index in [1.54, 1.807) is 0 Å². The maximum absolute atomic E-state index is 13.8. The molecule has 0 heterocycles. The highest BCUT2D eigenvalue weighted by Gasteiger charge is 2.26. The molecular formula is C42H74N4O4. The molecule has 0 aliphatic rings. The lowest BCUT2D eigenvalue weighted by Crippen LogP contribution is -2.36. The van der Waals surface area contributed by atoms with E-state index in [2.05, 4.69) is 62.8 Å². The Bertz CT molecular complexity index is 1020. The van der Waals surface area contributed by atoms with Gasteiger partial charge in [0.15, 0.2) is 0 Å². The van der Waals surface area contributed by atoms with Crippen LogP contribution in [0.2, 0.25) is 0 Å². The van der Waals surface area contributed by atoms with Crippen molar-refractivity contribution in [2.45, 2.75) is 170 Å². The van der Waals surface area contributed by atoms with E-state index in [0.717, 1.165) is 89.9 Å². The van der Waals surface area contributed by atoms with Crippen LogP contribution in [0.15, 0.2) is 12.1 Å². The van der Waals surface area contributed by atoms with Crippen LogP contribution in [0.25, 0.3) is 0 Å². The fourth-order valence-electron chi connectivity index (χ4n) is 6.31. The Hall–Kier alpha value is -2.90. The zero-order valence-corrected chi connectivity index (χ0v) is 32.9. The van der Waals surface area contributed by atoms with Crippen molar-refractivity contribution in [2.24, 2.45) is 11.8 Å². The molecule has 1 rings (SSSR count). The standard InChI is InChI=1S/C42H74N4O4/c1-7-13-17-19-21-23-27-43-39(47)35-29-38(42(50)46-32-34(12-6)26-16-10-4)36(40(48)44-28-24-22-20-18-14-8-2)30-37(35)41(49)45-31-33(11-5)25-15-9-3/h29-30,33-34H,7-28,31-32H2,1-6H3,(H,43,47)(H,44,48)(H,45,49)(H,46,50). The first-order valence-corrected chi connectivity index (χ1v) is 20.6. The zero-order valence-electron chi connectivity index (χ0n) is 32.9. The number of rotatable bonds is 30. The van der Waals surface area contributed by atoms with Gasteiger partial charge in [0.2, 0.25) is 0 Å². The summed E-state index contributed by atoms with van der Waals surface area (Å²) in [7, 11) is 0. The van der Waals surface area contributed by atoms with E-state index in [9.17, 15) is 19.2 Å². The molecule has 1 aromatic rings. The van der Waals surface area contributed by atoms with Crippen LogP contribution in [0.4, 0.5) is 0 Å². The van der Waals surface area contributed by atoms with Gasteiger partial charge in [0.1, 0.15) is 0 Å². The number of carbonyl (C=O) groups excluding carboxylic acids is 4. The molecule has 50 heavy (non-hydrogen) atoms. The van der Waals surface area contributed by atoms with Gasteiger partial charge >= 0.3 is 0 Å². The number of hydrogen-bond donors (Lipinski definition) is 4. The van der Waals surface area contributed by atoms with Crippen molar-refractivity contribution in [2.75, 3.05) is 26.2 Å². The van der Waals surface area contributed by atoms with Crippen LogP contribution < -0.4 is 21.3 Å². The molecule has 4 N–H and O–H groups in total. The molecule has 0 aliphatic heterocycles. The van der Waals surface area contributed by atoms with Gasteiger partial charge in [-0.25, -0.2) is 0 Å². The summed E-state index contributed by atoms with van der Waals surface area (Å²) in [5, 5.41) is 12.1. The highest BCUT2D eigenvalue weighted by Crippen LogP contribution is 2.21. The van der Waals surface area contributed by atoms with Crippen molar-refractivity contribution in [1.29, 1.82) is 0 Å².